The first kappa shape index (κ1) is 11.0. The fourth-order valence-corrected chi connectivity index (χ4v) is 2.02. The van der Waals surface area contributed by atoms with Crippen LogP contribution < -0.4 is 5.32 Å². The van der Waals surface area contributed by atoms with Crippen molar-refractivity contribution in [2.75, 3.05) is 6.54 Å². The van der Waals surface area contributed by atoms with Crippen LogP contribution in [0.15, 0.2) is 42.5 Å². The summed E-state index contributed by atoms with van der Waals surface area (Å²) in [7, 11) is 0. The van der Waals surface area contributed by atoms with Crippen molar-refractivity contribution in [3.63, 3.8) is 0 Å². The zero-order valence-electron chi connectivity index (χ0n) is 10.2. The summed E-state index contributed by atoms with van der Waals surface area (Å²) in [6.45, 7) is 7.69. The first-order valence-electron chi connectivity index (χ1n) is 5.79. The van der Waals surface area contributed by atoms with Crippen LogP contribution in [-0.4, -0.2) is 6.54 Å². The molecule has 1 nitrogen and oxygen atoms in total. The highest BCUT2D eigenvalue weighted by Crippen LogP contribution is 2.29. The summed E-state index contributed by atoms with van der Waals surface area (Å²) >= 11 is 0. The van der Waals surface area contributed by atoms with E-state index in [0.717, 1.165) is 6.54 Å². The largest absolute Gasteiger partial charge is 0.381 e. The average molecular weight is 213 g/mol. The van der Waals surface area contributed by atoms with Crippen LogP contribution in [0.25, 0.3) is 5.70 Å². The van der Waals surface area contributed by atoms with E-state index < -0.39 is 0 Å². The lowest BCUT2D eigenvalue weighted by Crippen LogP contribution is -2.20. The molecule has 16 heavy (non-hydrogen) atoms. The van der Waals surface area contributed by atoms with E-state index in [1.165, 1.54) is 16.8 Å². The van der Waals surface area contributed by atoms with Crippen molar-refractivity contribution in [3.05, 3.63) is 53.6 Å². The maximum Gasteiger partial charge on any atom is 0.0419 e. The van der Waals surface area contributed by atoms with Gasteiger partial charge in [-0.15, -0.1) is 0 Å². The minimum absolute atomic E-state index is 0.181. The number of benzene rings is 1. The van der Waals surface area contributed by atoms with Gasteiger partial charge in [-0.25, -0.2) is 0 Å². The van der Waals surface area contributed by atoms with Gasteiger partial charge in [0.05, 0.1) is 0 Å². The number of hydrogen-bond acceptors (Lipinski definition) is 1. The first-order chi connectivity index (χ1) is 7.59. The van der Waals surface area contributed by atoms with E-state index in [1.807, 2.05) is 0 Å². The third-order valence-corrected chi connectivity index (χ3v) is 2.83. The molecule has 2 rings (SSSR count). The smallest absolute Gasteiger partial charge is 0.0419 e. The summed E-state index contributed by atoms with van der Waals surface area (Å²) in [5.74, 6) is 0. The first-order valence-corrected chi connectivity index (χ1v) is 5.79. The Morgan fingerprint density at radius 3 is 2.50 bits per heavy atom. The van der Waals surface area contributed by atoms with Gasteiger partial charge >= 0.3 is 0 Å². The van der Waals surface area contributed by atoms with Crippen molar-refractivity contribution in [1.82, 2.24) is 5.32 Å². The summed E-state index contributed by atoms with van der Waals surface area (Å²) in [4.78, 5) is 0. The van der Waals surface area contributed by atoms with Gasteiger partial charge in [0.2, 0.25) is 0 Å². The highest BCUT2D eigenvalue weighted by molar-refractivity contribution is 5.70. The summed E-state index contributed by atoms with van der Waals surface area (Å²) in [5, 5.41) is 3.42. The molecule has 0 aliphatic carbocycles. The van der Waals surface area contributed by atoms with Gasteiger partial charge in [-0.2, -0.15) is 0 Å². The predicted molar refractivity (Wildman–Crippen MR) is 70.3 cm³/mol. The van der Waals surface area contributed by atoms with Crippen LogP contribution in [0.5, 0.6) is 0 Å². The molecule has 1 heterocycles. The Balaban J connectivity index is 2.48. The molecule has 0 unspecified atom stereocenters. The standard InChI is InChI=1S/C15H19N/c1-15(2,3)13-9-5-4-8-12(13)14-10-6-7-11-16-14/h4-10,16H,11H2,1-3H3. The van der Waals surface area contributed by atoms with E-state index in [9.17, 15) is 0 Å². The molecule has 84 valence electrons. The molecule has 1 heteroatoms. The van der Waals surface area contributed by atoms with E-state index in [2.05, 4.69) is 68.6 Å². The van der Waals surface area contributed by atoms with Crippen molar-refractivity contribution in [1.29, 1.82) is 0 Å². The van der Waals surface area contributed by atoms with Gasteiger partial charge in [0, 0.05) is 17.8 Å². The summed E-state index contributed by atoms with van der Waals surface area (Å²) in [6, 6.07) is 8.63. The highest BCUT2D eigenvalue weighted by atomic mass is 14.9. The Labute approximate surface area is 97.9 Å². The van der Waals surface area contributed by atoms with Gasteiger partial charge in [-0.3, -0.25) is 0 Å². The maximum absolute atomic E-state index is 3.42. The van der Waals surface area contributed by atoms with Gasteiger partial charge in [0.1, 0.15) is 0 Å². The van der Waals surface area contributed by atoms with Crippen molar-refractivity contribution in [2.24, 2.45) is 0 Å². The second kappa shape index (κ2) is 4.17. The third-order valence-electron chi connectivity index (χ3n) is 2.83. The highest BCUT2D eigenvalue weighted by Gasteiger charge is 2.19. The maximum atomic E-state index is 3.42. The zero-order chi connectivity index (χ0) is 11.6. The Bertz CT molecular complexity index is 433. The Morgan fingerprint density at radius 2 is 1.88 bits per heavy atom. The van der Waals surface area contributed by atoms with Crippen LogP contribution in [0.4, 0.5) is 0 Å². The molecular formula is C15H19N. The number of hydrogen-bond donors (Lipinski definition) is 1. The molecule has 0 amide bonds. The molecule has 1 aliphatic rings. The van der Waals surface area contributed by atoms with Gasteiger partial charge < -0.3 is 5.32 Å². The van der Waals surface area contributed by atoms with Crippen molar-refractivity contribution in [3.8, 4) is 0 Å². The van der Waals surface area contributed by atoms with E-state index in [1.54, 1.807) is 0 Å². The molecule has 0 saturated carbocycles. The predicted octanol–water partition coefficient (Wildman–Crippen LogP) is 3.48. The van der Waals surface area contributed by atoms with Crippen LogP contribution in [0.1, 0.15) is 31.9 Å². The topological polar surface area (TPSA) is 12.0 Å². The average Bonchev–Trinajstić information content (AvgIpc) is 2.29. The minimum atomic E-state index is 0.181. The van der Waals surface area contributed by atoms with Crippen LogP contribution in [-0.2, 0) is 5.41 Å². The number of dihydropyridines is 1. The molecule has 1 N–H and O–H groups in total. The van der Waals surface area contributed by atoms with Crippen molar-refractivity contribution in [2.45, 2.75) is 26.2 Å². The van der Waals surface area contributed by atoms with Crippen LogP contribution in [0.3, 0.4) is 0 Å². The fourth-order valence-electron chi connectivity index (χ4n) is 2.02. The van der Waals surface area contributed by atoms with E-state index in [-0.39, 0.29) is 5.41 Å². The van der Waals surface area contributed by atoms with Crippen molar-refractivity contribution < 1.29 is 0 Å². The van der Waals surface area contributed by atoms with Gasteiger partial charge in [-0.05, 0) is 17.1 Å². The minimum Gasteiger partial charge on any atom is -0.381 e. The summed E-state index contributed by atoms with van der Waals surface area (Å²) in [5.41, 5.74) is 4.12. The van der Waals surface area contributed by atoms with Gasteiger partial charge in [-0.1, -0.05) is 57.2 Å². The van der Waals surface area contributed by atoms with E-state index >= 15 is 0 Å². The second-order valence-corrected chi connectivity index (χ2v) is 5.18. The second-order valence-electron chi connectivity index (χ2n) is 5.18. The molecule has 0 radical (unpaired) electrons. The number of nitrogens with one attached hydrogen (secondary N) is 1. The normalized spacial score (nSPS) is 15.6. The number of allylic oxidation sites excluding steroid dienone is 2. The zero-order valence-corrected chi connectivity index (χ0v) is 10.2. The lowest BCUT2D eigenvalue weighted by atomic mass is 9.82. The van der Waals surface area contributed by atoms with E-state index in [0.29, 0.717) is 0 Å². The Kier molecular flexibility index (Phi) is 2.86. The van der Waals surface area contributed by atoms with Crippen LogP contribution >= 0.6 is 0 Å². The quantitative estimate of drug-likeness (QED) is 0.753. The molecule has 0 saturated heterocycles. The molecule has 0 aromatic heterocycles. The molecule has 0 fully saturated rings. The fraction of sp³-hybridized carbons (Fsp3) is 0.333. The van der Waals surface area contributed by atoms with Crippen molar-refractivity contribution >= 4 is 5.70 Å². The monoisotopic (exact) mass is 213 g/mol. The summed E-state index contributed by atoms with van der Waals surface area (Å²) < 4.78 is 0. The molecule has 0 atom stereocenters. The van der Waals surface area contributed by atoms with Gasteiger partial charge in [0.15, 0.2) is 0 Å². The molecule has 1 aromatic carbocycles. The Morgan fingerprint density at radius 1 is 1.12 bits per heavy atom. The lowest BCUT2D eigenvalue weighted by molar-refractivity contribution is 0.588. The lowest BCUT2D eigenvalue weighted by Gasteiger charge is -2.25. The van der Waals surface area contributed by atoms with Gasteiger partial charge in [0.25, 0.3) is 0 Å². The number of rotatable bonds is 1. The molecule has 1 aromatic rings. The van der Waals surface area contributed by atoms with Crippen LogP contribution in [0, 0.1) is 0 Å². The third kappa shape index (κ3) is 2.19. The van der Waals surface area contributed by atoms with Crippen LogP contribution in [0.2, 0.25) is 0 Å². The SMILES string of the molecule is CC(C)(C)c1ccccc1C1=CC=CCN1. The molecule has 0 spiro atoms. The molecule has 1 aliphatic heterocycles. The molecular weight excluding hydrogens is 194 g/mol. The van der Waals surface area contributed by atoms with E-state index in [4.69, 9.17) is 0 Å². The Hall–Kier alpha value is -1.50. The summed E-state index contributed by atoms with van der Waals surface area (Å²) in [6.07, 6.45) is 6.39. The molecule has 0 bridgehead atoms.